The molecule has 0 aliphatic carbocycles. The SMILES string of the molecule is CCCCCCCCCCCCOc1ccccc1C=S. The minimum atomic E-state index is 0.802. The van der Waals surface area contributed by atoms with Crippen molar-refractivity contribution < 1.29 is 4.74 Å². The lowest BCUT2D eigenvalue weighted by Gasteiger charge is -2.08. The Bertz CT molecular complexity index is 376. The van der Waals surface area contributed by atoms with Gasteiger partial charge in [-0.05, 0) is 12.5 Å². The molecule has 0 spiro atoms. The Morgan fingerprint density at radius 2 is 1.43 bits per heavy atom. The second-order valence-corrected chi connectivity index (χ2v) is 5.92. The molecule has 0 aliphatic heterocycles. The van der Waals surface area contributed by atoms with E-state index >= 15 is 0 Å². The molecule has 0 saturated carbocycles. The zero-order chi connectivity index (χ0) is 15.2. The van der Waals surface area contributed by atoms with Crippen molar-refractivity contribution in [1.29, 1.82) is 0 Å². The predicted octanol–water partition coefficient (Wildman–Crippen LogP) is 6.33. The Morgan fingerprint density at radius 1 is 0.857 bits per heavy atom. The average molecular weight is 307 g/mol. The zero-order valence-corrected chi connectivity index (χ0v) is 14.3. The first-order valence-corrected chi connectivity index (χ1v) is 9.02. The second kappa shape index (κ2) is 12.8. The van der Waals surface area contributed by atoms with Crippen LogP contribution in [0.25, 0.3) is 0 Å². The molecule has 1 aromatic carbocycles. The van der Waals surface area contributed by atoms with Gasteiger partial charge in [0, 0.05) is 10.9 Å². The van der Waals surface area contributed by atoms with Gasteiger partial charge in [0.05, 0.1) is 6.61 Å². The van der Waals surface area contributed by atoms with Crippen LogP contribution in [0.2, 0.25) is 0 Å². The number of benzene rings is 1. The van der Waals surface area contributed by atoms with Gasteiger partial charge < -0.3 is 4.74 Å². The topological polar surface area (TPSA) is 9.23 Å². The van der Waals surface area contributed by atoms with E-state index in [1.165, 1.54) is 57.8 Å². The third kappa shape index (κ3) is 8.87. The Kier molecular flexibility index (Phi) is 11.1. The largest absolute Gasteiger partial charge is 0.493 e. The van der Waals surface area contributed by atoms with Crippen molar-refractivity contribution in [3.8, 4) is 5.75 Å². The smallest absolute Gasteiger partial charge is 0.127 e. The van der Waals surface area contributed by atoms with Gasteiger partial charge in [0.15, 0.2) is 0 Å². The molecule has 1 aromatic rings. The van der Waals surface area contributed by atoms with Crippen LogP contribution in [0.4, 0.5) is 0 Å². The molecule has 0 aromatic heterocycles. The van der Waals surface area contributed by atoms with Crippen LogP contribution < -0.4 is 4.74 Å². The lowest BCUT2D eigenvalue weighted by molar-refractivity contribution is 0.304. The summed E-state index contributed by atoms with van der Waals surface area (Å²) in [5.74, 6) is 0.920. The Hall–Kier alpha value is -0.890. The zero-order valence-electron chi connectivity index (χ0n) is 13.5. The number of thiocarbonyl (C=S) groups is 1. The van der Waals surface area contributed by atoms with E-state index in [0.29, 0.717) is 0 Å². The summed E-state index contributed by atoms with van der Waals surface area (Å²) in [4.78, 5) is 0. The van der Waals surface area contributed by atoms with Crippen LogP contribution in [0.1, 0.15) is 76.7 Å². The molecule has 0 heterocycles. The van der Waals surface area contributed by atoms with Gasteiger partial charge in [-0.1, -0.05) is 95.1 Å². The summed E-state index contributed by atoms with van der Waals surface area (Å²) in [6.07, 6.45) is 13.5. The van der Waals surface area contributed by atoms with Crippen LogP contribution in [0.5, 0.6) is 5.75 Å². The average Bonchev–Trinajstić information content (AvgIpc) is 2.53. The highest BCUT2D eigenvalue weighted by atomic mass is 32.1. The molecule has 0 N–H and O–H groups in total. The van der Waals surface area contributed by atoms with Crippen LogP contribution in [-0.2, 0) is 0 Å². The highest BCUT2D eigenvalue weighted by Gasteiger charge is 1.99. The van der Waals surface area contributed by atoms with E-state index in [1.807, 2.05) is 24.3 Å². The Balaban J connectivity index is 1.94. The third-order valence-corrected chi connectivity index (χ3v) is 4.06. The lowest BCUT2D eigenvalue weighted by Crippen LogP contribution is -1.99. The maximum absolute atomic E-state index is 5.80. The summed E-state index contributed by atoms with van der Waals surface area (Å²) in [7, 11) is 0. The summed E-state index contributed by atoms with van der Waals surface area (Å²) in [6.45, 7) is 3.07. The van der Waals surface area contributed by atoms with Crippen LogP contribution in [0.15, 0.2) is 24.3 Å². The Labute approximate surface area is 136 Å². The van der Waals surface area contributed by atoms with E-state index in [-0.39, 0.29) is 0 Å². The first kappa shape index (κ1) is 18.2. The van der Waals surface area contributed by atoms with Crippen molar-refractivity contribution in [3.63, 3.8) is 0 Å². The van der Waals surface area contributed by atoms with Gasteiger partial charge in [0.25, 0.3) is 0 Å². The van der Waals surface area contributed by atoms with Gasteiger partial charge in [-0.25, -0.2) is 0 Å². The molecule has 0 saturated heterocycles. The fourth-order valence-electron chi connectivity index (χ4n) is 2.48. The quantitative estimate of drug-likeness (QED) is 0.311. The van der Waals surface area contributed by atoms with E-state index in [0.717, 1.165) is 24.3 Å². The molecular formula is C19H30OS. The van der Waals surface area contributed by atoms with Gasteiger partial charge in [-0.3, -0.25) is 0 Å². The van der Waals surface area contributed by atoms with E-state index in [1.54, 1.807) is 5.37 Å². The van der Waals surface area contributed by atoms with Gasteiger partial charge >= 0.3 is 0 Å². The molecule has 0 unspecified atom stereocenters. The summed E-state index contributed by atoms with van der Waals surface area (Å²) in [5, 5.41) is 1.69. The van der Waals surface area contributed by atoms with Crippen molar-refractivity contribution >= 4 is 17.6 Å². The van der Waals surface area contributed by atoms with Crippen molar-refractivity contribution in [2.45, 2.75) is 71.1 Å². The normalized spacial score (nSPS) is 10.5. The second-order valence-electron chi connectivity index (χ2n) is 5.69. The van der Waals surface area contributed by atoms with Crippen LogP contribution >= 0.6 is 12.2 Å². The van der Waals surface area contributed by atoms with Crippen molar-refractivity contribution in [1.82, 2.24) is 0 Å². The first-order chi connectivity index (χ1) is 10.4. The third-order valence-electron chi connectivity index (χ3n) is 3.80. The molecule has 21 heavy (non-hydrogen) atoms. The monoisotopic (exact) mass is 306 g/mol. The molecule has 1 rings (SSSR count). The fraction of sp³-hybridized carbons (Fsp3) is 0.632. The standard InChI is InChI=1S/C19H30OS/c1-2-3-4-5-6-7-8-9-10-13-16-20-19-15-12-11-14-18(19)17-21/h11-12,14-15,17H,2-10,13,16H2,1H3. The molecular weight excluding hydrogens is 276 g/mol. The van der Waals surface area contributed by atoms with Crippen molar-refractivity contribution in [3.05, 3.63) is 29.8 Å². The number of unbranched alkanes of at least 4 members (excludes halogenated alkanes) is 9. The Morgan fingerprint density at radius 3 is 2.05 bits per heavy atom. The fourth-order valence-corrected chi connectivity index (χ4v) is 2.68. The lowest BCUT2D eigenvalue weighted by atomic mass is 10.1. The minimum Gasteiger partial charge on any atom is -0.493 e. The molecule has 118 valence electrons. The number of hydrogen-bond donors (Lipinski definition) is 0. The highest BCUT2D eigenvalue weighted by Crippen LogP contribution is 2.17. The number of ether oxygens (including phenoxy) is 1. The molecule has 0 atom stereocenters. The molecule has 0 radical (unpaired) electrons. The maximum atomic E-state index is 5.80. The van der Waals surface area contributed by atoms with Crippen LogP contribution in [-0.4, -0.2) is 12.0 Å². The van der Waals surface area contributed by atoms with Crippen molar-refractivity contribution in [2.24, 2.45) is 0 Å². The van der Waals surface area contributed by atoms with Gasteiger partial charge in [-0.2, -0.15) is 0 Å². The first-order valence-electron chi connectivity index (χ1n) is 8.55. The summed E-state index contributed by atoms with van der Waals surface area (Å²) < 4.78 is 5.80. The maximum Gasteiger partial charge on any atom is 0.127 e. The summed E-state index contributed by atoms with van der Waals surface area (Å²) >= 11 is 4.99. The van der Waals surface area contributed by atoms with E-state index in [9.17, 15) is 0 Å². The predicted molar refractivity (Wildman–Crippen MR) is 96.5 cm³/mol. The van der Waals surface area contributed by atoms with Gasteiger partial charge in [-0.15, -0.1) is 0 Å². The van der Waals surface area contributed by atoms with Crippen molar-refractivity contribution in [2.75, 3.05) is 6.61 Å². The van der Waals surface area contributed by atoms with Gasteiger partial charge in [0.1, 0.15) is 5.75 Å². The number of rotatable bonds is 13. The van der Waals surface area contributed by atoms with E-state index in [2.05, 4.69) is 6.92 Å². The van der Waals surface area contributed by atoms with Gasteiger partial charge in [0.2, 0.25) is 0 Å². The van der Waals surface area contributed by atoms with Crippen LogP contribution in [0.3, 0.4) is 0 Å². The number of hydrogen-bond acceptors (Lipinski definition) is 2. The molecule has 0 bridgehead atoms. The number of para-hydroxylation sites is 1. The summed E-state index contributed by atoms with van der Waals surface area (Å²) in [6, 6.07) is 7.98. The molecule has 2 heteroatoms. The van der Waals surface area contributed by atoms with Crippen LogP contribution in [0, 0.1) is 0 Å². The molecule has 0 fully saturated rings. The van der Waals surface area contributed by atoms with E-state index < -0.39 is 0 Å². The molecule has 1 nitrogen and oxygen atoms in total. The molecule has 0 aliphatic rings. The molecule has 0 amide bonds. The van der Waals surface area contributed by atoms with E-state index in [4.69, 9.17) is 17.0 Å². The summed E-state index contributed by atoms with van der Waals surface area (Å²) in [5.41, 5.74) is 1.01. The highest BCUT2D eigenvalue weighted by molar-refractivity contribution is 7.79. The minimum absolute atomic E-state index is 0.802.